The SMILES string of the molecule is CO[C@@H]1C=C2C3CC(C)(C)CC[C@]3(C(=O)O)CC[C@@]2(C)[C@]2(C)CCC3C(C)(C)[C@H](OC(C)=O)CC[C@]3(C)C12. The molecule has 1 N–H and O–H groups in total. The van der Waals surface area contributed by atoms with Crippen LogP contribution >= 0.6 is 0 Å². The van der Waals surface area contributed by atoms with Crippen molar-refractivity contribution in [1.29, 1.82) is 0 Å². The molecule has 214 valence electrons. The zero-order valence-corrected chi connectivity index (χ0v) is 25.4. The molecule has 0 aromatic heterocycles. The van der Waals surface area contributed by atoms with Crippen LogP contribution in [0.15, 0.2) is 11.6 Å². The van der Waals surface area contributed by atoms with Gasteiger partial charge in [0.05, 0.1) is 11.5 Å². The Morgan fingerprint density at radius 3 is 2.18 bits per heavy atom. The smallest absolute Gasteiger partial charge is 0.310 e. The predicted octanol–water partition coefficient (Wildman–Crippen LogP) is 7.43. The minimum absolute atomic E-state index is 0.0135. The molecule has 9 atom stereocenters. The molecule has 38 heavy (non-hydrogen) atoms. The minimum atomic E-state index is -0.645. The van der Waals surface area contributed by atoms with E-state index in [1.54, 1.807) is 0 Å². The molecule has 5 heteroatoms. The van der Waals surface area contributed by atoms with Gasteiger partial charge >= 0.3 is 11.9 Å². The highest BCUT2D eigenvalue weighted by atomic mass is 16.5. The summed E-state index contributed by atoms with van der Waals surface area (Å²) in [5.74, 6) is 0.0547. The van der Waals surface area contributed by atoms with Gasteiger partial charge in [0.15, 0.2) is 0 Å². The highest BCUT2D eigenvalue weighted by Crippen LogP contribution is 2.76. The lowest BCUT2D eigenvalue weighted by Crippen LogP contribution is -2.68. The summed E-state index contributed by atoms with van der Waals surface area (Å²) in [5, 5.41) is 10.6. The third-order valence-corrected chi connectivity index (χ3v) is 13.5. The normalized spacial score (nSPS) is 48.9. The van der Waals surface area contributed by atoms with Crippen LogP contribution < -0.4 is 0 Å². The van der Waals surface area contributed by atoms with Crippen molar-refractivity contribution in [2.75, 3.05) is 7.11 Å². The molecule has 0 aromatic rings. The second kappa shape index (κ2) is 8.57. The van der Waals surface area contributed by atoms with Gasteiger partial charge in [-0.2, -0.15) is 0 Å². The minimum Gasteiger partial charge on any atom is -0.481 e. The van der Waals surface area contributed by atoms with Crippen LogP contribution in [0.2, 0.25) is 0 Å². The van der Waals surface area contributed by atoms with Gasteiger partial charge in [0, 0.05) is 25.4 Å². The van der Waals surface area contributed by atoms with E-state index in [0.717, 1.165) is 57.8 Å². The fourth-order valence-electron chi connectivity index (χ4n) is 11.3. The number of rotatable bonds is 3. The Morgan fingerprint density at radius 1 is 0.921 bits per heavy atom. The van der Waals surface area contributed by atoms with Crippen molar-refractivity contribution in [2.45, 2.75) is 125 Å². The number of carboxylic acid groups (broad SMARTS) is 1. The summed E-state index contributed by atoms with van der Waals surface area (Å²) in [6.45, 7) is 18.3. The molecule has 4 fully saturated rings. The molecule has 0 amide bonds. The summed E-state index contributed by atoms with van der Waals surface area (Å²) in [5.41, 5.74) is 0.792. The Bertz CT molecular complexity index is 1040. The van der Waals surface area contributed by atoms with Gasteiger partial charge in [0.25, 0.3) is 0 Å². The van der Waals surface area contributed by atoms with E-state index < -0.39 is 11.4 Å². The molecule has 0 aromatic carbocycles. The van der Waals surface area contributed by atoms with Crippen molar-refractivity contribution >= 4 is 11.9 Å². The van der Waals surface area contributed by atoms with Crippen LogP contribution in [0.4, 0.5) is 0 Å². The largest absolute Gasteiger partial charge is 0.481 e. The molecule has 3 unspecified atom stereocenters. The molecule has 4 saturated carbocycles. The summed E-state index contributed by atoms with van der Waals surface area (Å²) in [4.78, 5) is 24.9. The van der Waals surface area contributed by atoms with Crippen molar-refractivity contribution in [1.82, 2.24) is 0 Å². The van der Waals surface area contributed by atoms with Gasteiger partial charge in [-0.05, 0) is 91.3 Å². The van der Waals surface area contributed by atoms with Crippen molar-refractivity contribution < 1.29 is 24.2 Å². The number of aliphatic carboxylic acids is 1. The number of methoxy groups -OCH3 is 1. The summed E-state index contributed by atoms with van der Waals surface area (Å²) >= 11 is 0. The first-order valence-corrected chi connectivity index (χ1v) is 15.1. The second-order valence-corrected chi connectivity index (χ2v) is 16.0. The number of fused-ring (bicyclic) bond motifs is 7. The molecule has 5 aliphatic rings. The van der Waals surface area contributed by atoms with Crippen LogP contribution in [0, 0.1) is 50.2 Å². The van der Waals surface area contributed by atoms with E-state index in [4.69, 9.17) is 9.47 Å². The molecule has 0 bridgehead atoms. The van der Waals surface area contributed by atoms with Gasteiger partial charge in [-0.1, -0.05) is 60.1 Å². The Morgan fingerprint density at radius 2 is 1.58 bits per heavy atom. The molecule has 5 rings (SSSR count). The number of allylic oxidation sites excluding steroid dienone is 1. The van der Waals surface area contributed by atoms with Gasteiger partial charge in [-0.15, -0.1) is 0 Å². The van der Waals surface area contributed by atoms with Gasteiger partial charge < -0.3 is 14.6 Å². The van der Waals surface area contributed by atoms with Gasteiger partial charge in [-0.25, -0.2) is 0 Å². The number of carbonyl (C=O) groups is 2. The lowest BCUT2D eigenvalue weighted by atomic mass is 9.33. The fourth-order valence-corrected chi connectivity index (χ4v) is 11.3. The second-order valence-electron chi connectivity index (χ2n) is 16.0. The highest BCUT2D eigenvalue weighted by Gasteiger charge is 2.71. The van der Waals surface area contributed by atoms with Gasteiger partial charge in [0.2, 0.25) is 0 Å². The zero-order valence-electron chi connectivity index (χ0n) is 25.4. The van der Waals surface area contributed by atoms with Crippen molar-refractivity contribution in [3.8, 4) is 0 Å². The first kappa shape index (κ1) is 28.2. The third-order valence-electron chi connectivity index (χ3n) is 13.5. The van der Waals surface area contributed by atoms with Crippen molar-refractivity contribution in [2.24, 2.45) is 50.2 Å². The maximum atomic E-state index is 12.9. The first-order chi connectivity index (χ1) is 17.5. The van der Waals surface area contributed by atoms with E-state index in [0.29, 0.717) is 11.8 Å². The molecule has 0 saturated heterocycles. The fraction of sp³-hybridized carbons (Fsp3) is 0.879. The van der Waals surface area contributed by atoms with Crippen molar-refractivity contribution in [3.63, 3.8) is 0 Å². The summed E-state index contributed by atoms with van der Waals surface area (Å²) < 4.78 is 12.3. The van der Waals surface area contributed by atoms with Gasteiger partial charge in [0.1, 0.15) is 6.10 Å². The summed E-state index contributed by atoms with van der Waals surface area (Å²) in [6.07, 6.45) is 10.8. The van der Waals surface area contributed by atoms with E-state index in [1.807, 2.05) is 7.11 Å². The Kier molecular flexibility index (Phi) is 6.36. The van der Waals surface area contributed by atoms with Gasteiger partial charge in [-0.3, -0.25) is 9.59 Å². The number of carboxylic acids is 1. The van der Waals surface area contributed by atoms with Crippen LogP contribution in [0.3, 0.4) is 0 Å². The number of hydrogen-bond donors (Lipinski definition) is 1. The molecule has 5 aliphatic carbocycles. The summed E-state index contributed by atoms with van der Waals surface area (Å²) in [7, 11) is 1.85. The lowest BCUT2D eigenvalue weighted by Gasteiger charge is -2.72. The van der Waals surface area contributed by atoms with E-state index in [9.17, 15) is 14.7 Å². The van der Waals surface area contributed by atoms with Crippen LogP contribution in [-0.2, 0) is 19.1 Å². The van der Waals surface area contributed by atoms with E-state index in [-0.39, 0.29) is 51.2 Å². The van der Waals surface area contributed by atoms with E-state index in [1.165, 1.54) is 12.5 Å². The van der Waals surface area contributed by atoms with Crippen LogP contribution in [0.25, 0.3) is 0 Å². The van der Waals surface area contributed by atoms with Crippen LogP contribution in [0.5, 0.6) is 0 Å². The molecular weight excluding hydrogens is 476 g/mol. The lowest BCUT2D eigenvalue weighted by molar-refractivity contribution is -0.233. The molecule has 0 aliphatic heterocycles. The monoisotopic (exact) mass is 528 g/mol. The third kappa shape index (κ3) is 3.58. The van der Waals surface area contributed by atoms with Crippen LogP contribution in [-0.4, -0.2) is 36.4 Å². The summed E-state index contributed by atoms with van der Waals surface area (Å²) in [6, 6.07) is 0. The Hall–Kier alpha value is -1.36. The maximum absolute atomic E-state index is 12.9. The predicted molar refractivity (Wildman–Crippen MR) is 148 cm³/mol. The molecule has 5 nitrogen and oxygen atoms in total. The number of carbonyl (C=O) groups excluding carboxylic acids is 1. The van der Waals surface area contributed by atoms with E-state index in [2.05, 4.69) is 54.5 Å². The van der Waals surface area contributed by atoms with Crippen molar-refractivity contribution in [3.05, 3.63) is 11.6 Å². The van der Waals surface area contributed by atoms with Crippen LogP contribution in [0.1, 0.15) is 113 Å². The Balaban J connectivity index is 1.62. The zero-order chi connectivity index (χ0) is 28.1. The molecular formula is C33H52O5. The Labute approximate surface area is 230 Å². The molecule has 0 radical (unpaired) electrons. The molecule has 0 spiro atoms. The average Bonchev–Trinajstić information content (AvgIpc) is 2.80. The number of ether oxygens (including phenoxy) is 2. The maximum Gasteiger partial charge on any atom is 0.310 e. The topological polar surface area (TPSA) is 72.8 Å². The first-order valence-electron chi connectivity index (χ1n) is 15.1. The highest BCUT2D eigenvalue weighted by molar-refractivity contribution is 5.76. The standard InChI is InChI=1S/C33H52O5/c1-20(34)38-25-11-12-30(6)24(29(25,4)5)10-13-32(8)26(30)23(37-9)18-21-22-19-28(2,3)14-16-33(22,27(35)36)17-15-31(21,32)7/h18,22-26H,10-17,19H2,1-9H3,(H,35,36)/t22?,23-,24?,25-,26?,30+,31-,32-,33+/m1/s1. The van der Waals surface area contributed by atoms with E-state index >= 15 is 0 Å². The quantitative estimate of drug-likeness (QED) is 0.305. The molecule has 0 heterocycles. The average molecular weight is 529 g/mol. The number of hydrogen-bond acceptors (Lipinski definition) is 4. The number of esters is 1.